The third kappa shape index (κ3) is 2.67. The van der Waals surface area contributed by atoms with E-state index in [0.29, 0.717) is 17.3 Å². The van der Waals surface area contributed by atoms with Crippen molar-refractivity contribution in [2.45, 2.75) is 32.2 Å². The molecular weight excluding hydrogens is 238 g/mol. The molecule has 0 aliphatic carbocycles. The molecule has 0 aromatic heterocycles. The zero-order valence-corrected chi connectivity index (χ0v) is 12.0. The van der Waals surface area contributed by atoms with Gasteiger partial charge in [-0.3, -0.25) is 4.79 Å². The lowest BCUT2D eigenvalue weighted by atomic mass is 10.1. The van der Waals surface area contributed by atoms with E-state index in [1.54, 1.807) is 6.07 Å². The van der Waals surface area contributed by atoms with Crippen LogP contribution >= 0.6 is 0 Å². The lowest BCUT2D eigenvalue weighted by Crippen LogP contribution is -2.35. The molecule has 1 heterocycles. The Morgan fingerprint density at radius 2 is 2.21 bits per heavy atom. The van der Waals surface area contributed by atoms with Crippen LogP contribution in [-0.4, -0.2) is 37.5 Å². The van der Waals surface area contributed by atoms with Gasteiger partial charge in [0, 0.05) is 38.1 Å². The van der Waals surface area contributed by atoms with E-state index < -0.39 is 0 Å². The van der Waals surface area contributed by atoms with E-state index in [9.17, 15) is 4.79 Å². The molecule has 1 unspecified atom stereocenters. The lowest BCUT2D eigenvalue weighted by molar-refractivity contribution is 0.0734. The molecule has 1 fully saturated rings. The molecule has 19 heavy (non-hydrogen) atoms. The molecule has 1 aliphatic heterocycles. The number of hydrogen-bond donors (Lipinski definition) is 1. The molecule has 1 aliphatic rings. The van der Waals surface area contributed by atoms with Crippen molar-refractivity contribution in [2.24, 2.45) is 0 Å². The number of nitrogens with two attached hydrogens (primary N) is 1. The maximum Gasteiger partial charge on any atom is 0.256 e. The maximum atomic E-state index is 12.7. The average Bonchev–Trinajstić information content (AvgIpc) is 2.85. The van der Waals surface area contributed by atoms with Gasteiger partial charge in [-0.25, -0.2) is 0 Å². The largest absolute Gasteiger partial charge is 0.399 e. The minimum atomic E-state index is 0.111. The van der Waals surface area contributed by atoms with Crippen LogP contribution in [0.4, 0.5) is 11.4 Å². The average molecular weight is 261 g/mol. The SMILES string of the molecule is CCC1CCCN1C(=O)c1cc(N)ccc1N(C)C. The molecule has 1 aromatic carbocycles. The summed E-state index contributed by atoms with van der Waals surface area (Å²) in [6, 6.07) is 5.93. The molecule has 4 nitrogen and oxygen atoms in total. The molecule has 1 atom stereocenters. The second-order valence-corrected chi connectivity index (χ2v) is 5.37. The number of rotatable bonds is 3. The van der Waals surface area contributed by atoms with Crippen molar-refractivity contribution in [3.63, 3.8) is 0 Å². The molecule has 0 spiro atoms. The first-order valence-electron chi connectivity index (χ1n) is 6.92. The van der Waals surface area contributed by atoms with Crippen molar-refractivity contribution < 1.29 is 4.79 Å². The number of likely N-dealkylation sites (tertiary alicyclic amines) is 1. The molecule has 0 saturated carbocycles. The molecule has 0 bridgehead atoms. The highest BCUT2D eigenvalue weighted by atomic mass is 16.2. The molecule has 0 radical (unpaired) electrons. The predicted molar refractivity (Wildman–Crippen MR) is 79.5 cm³/mol. The number of anilines is 2. The second-order valence-electron chi connectivity index (χ2n) is 5.37. The molecule has 2 rings (SSSR count). The van der Waals surface area contributed by atoms with Crippen LogP contribution < -0.4 is 10.6 Å². The molecule has 1 aromatic rings. The number of hydrogen-bond acceptors (Lipinski definition) is 3. The molecule has 4 heteroatoms. The van der Waals surface area contributed by atoms with E-state index in [4.69, 9.17) is 5.73 Å². The van der Waals surface area contributed by atoms with E-state index in [0.717, 1.165) is 31.5 Å². The number of carbonyl (C=O) groups excluding carboxylic acids is 1. The topological polar surface area (TPSA) is 49.6 Å². The summed E-state index contributed by atoms with van der Waals surface area (Å²) in [5.74, 6) is 0.111. The second kappa shape index (κ2) is 5.51. The Balaban J connectivity index is 2.35. The van der Waals surface area contributed by atoms with Gasteiger partial charge in [-0.15, -0.1) is 0 Å². The number of amides is 1. The normalized spacial score (nSPS) is 18.7. The van der Waals surface area contributed by atoms with E-state index in [1.807, 2.05) is 36.0 Å². The highest BCUT2D eigenvalue weighted by molar-refractivity contribution is 6.01. The van der Waals surface area contributed by atoms with Gasteiger partial charge in [0.25, 0.3) is 5.91 Å². The third-order valence-corrected chi connectivity index (χ3v) is 3.84. The highest BCUT2D eigenvalue weighted by Gasteiger charge is 2.29. The fourth-order valence-corrected chi connectivity index (χ4v) is 2.80. The maximum absolute atomic E-state index is 12.7. The fraction of sp³-hybridized carbons (Fsp3) is 0.533. The van der Waals surface area contributed by atoms with Gasteiger partial charge in [0.1, 0.15) is 0 Å². The third-order valence-electron chi connectivity index (χ3n) is 3.84. The van der Waals surface area contributed by atoms with E-state index >= 15 is 0 Å². The van der Waals surface area contributed by atoms with Gasteiger partial charge in [0.05, 0.1) is 5.56 Å². The summed E-state index contributed by atoms with van der Waals surface area (Å²) in [7, 11) is 3.90. The van der Waals surface area contributed by atoms with Crippen molar-refractivity contribution >= 4 is 17.3 Å². The van der Waals surface area contributed by atoms with Crippen molar-refractivity contribution in [3.05, 3.63) is 23.8 Å². The standard InChI is InChI=1S/C15H23N3O/c1-4-12-6-5-9-18(12)15(19)13-10-11(16)7-8-14(13)17(2)3/h7-8,10,12H,4-6,9,16H2,1-3H3. The van der Waals surface area contributed by atoms with E-state index in [1.165, 1.54) is 0 Å². The first-order chi connectivity index (χ1) is 9.04. The highest BCUT2D eigenvalue weighted by Crippen LogP contribution is 2.27. The predicted octanol–water partition coefficient (Wildman–Crippen LogP) is 2.35. The number of nitrogen functional groups attached to an aromatic ring is 1. The number of nitrogens with zero attached hydrogens (tertiary/aromatic N) is 2. The van der Waals surface area contributed by atoms with Crippen LogP contribution in [0.3, 0.4) is 0 Å². The summed E-state index contributed by atoms with van der Waals surface area (Å²) < 4.78 is 0. The minimum absolute atomic E-state index is 0.111. The summed E-state index contributed by atoms with van der Waals surface area (Å²) >= 11 is 0. The monoisotopic (exact) mass is 261 g/mol. The molecular formula is C15H23N3O. The Hall–Kier alpha value is -1.71. The lowest BCUT2D eigenvalue weighted by Gasteiger charge is -2.26. The zero-order valence-electron chi connectivity index (χ0n) is 12.0. The minimum Gasteiger partial charge on any atom is -0.399 e. The van der Waals surface area contributed by atoms with Crippen LogP contribution in [0.1, 0.15) is 36.5 Å². The van der Waals surface area contributed by atoms with Gasteiger partial charge in [-0.1, -0.05) is 6.92 Å². The van der Waals surface area contributed by atoms with Crippen LogP contribution in [-0.2, 0) is 0 Å². The first-order valence-corrected chi connectivity index (χ1v) is 6.92. The molecule has 1 amide bonds. The van der Waals surface area contributed by atoms with Crippen LogP contribution in [0.5, 0.6) is 0 Å². The zero-order chi connectivity index (χ0) is 14.0. The van der Waals surface area contributed by atoms with E-state index in [-0.39, 0.29) is 5.91 Å². The molecule has 2 N–H and O–H groups in total. The van der Waals surface area contributed by atoms with Gasteiger partial charge in [0.15, 0.2) is 0 Å². The molecule has 1 saturated heterocycles. The summed E-state index contributed by atoms with van der Waals surface area (Å²) in [4.78, 5) is 16.7. The van der Waals surface area contributed by atoms with Crippen LogP contribution in [0.15, 0.2) is 18.2 Å². The van der Waals surface area contributed by atoms with Gasteiger partial charge >= 0.3 is 0 Å². The number of carbonyl (C=O) groups is 1. The van der Waals surface area contributed by atoms with E-state index in [2.05, 4.69) is 6.92 Å². The van der Waals surface area contributed by atoms with Crippen LogP contribution in [0.2, 0.25) is 0 Å². The van der Waals surface area contributed by atoms with Gasteiger partial charge in [-0.05, 0) is 37.5 Å². The summed E-state index contributed by atoms with van der Waals surface area (Å²) in [6.45, 7) is 3.00. The van der Waals surface area contributed by atoms with Crippen molar-refractivity contribution in [3.8, 4) is 0 Å². The van der Waals surface area contributed by atoms with Crippen LogP contribution in [0, 0.1) is 0 Å². The van der Waals surface area contributed by atoms with Gasteiger partial charge < -0.3 is 15.5 Å². The Morgan fingerprint density at radius 1 is 1.47 bits per heavy atom. The summed E-state index contributed by atoms with van der Waals surface area (Å²) in [5, 5.41) is 0. The smallest absolute Gasteiger partial charge is 0.256 e. The quantitative estimate of drug-likeness (QED) is 0.850. The first kappa shape index (κ1) is 13.7. The van der Waals surface area contributed by atoms with Crippen molar-refractivity contribution in [1.82, 2.24) is 4.90 Å². The Labute approximate surface area is 115 Å². The van der Waals surface area contributed by atoms with Gasteiger partial charge in [-0.2, -0.15) is 0 Å². The Kier molecular flexibility index (Phi) is 3.98. The van der Waals surface area contributed by atoms with Crippen molar-refractivity contribution in [2.75, 3.05) is 31.3 Å². The summed E-state index contributed by atoms with van der Waals surface area (Å²) in [5.41, 5.74) is 8.13. The Bertz CT molecular complexity index is 470. The Morgan fingerprint density at radius 3 is 2.84 bits per heavy atom. The van der Waals surface area contributed by atoms with Gasteiger partial charge in [0.2, 0.25) is 0 Å². The fourth-order valence-electron chi connectivity index (χ4n) is 2.80. The van der Waals surface area contributed by atoms with Crippen molar-refractivity contribution in [1.29, 1.82) is 0 Å². The summed E-state index contributed by atoms with van der Waals surface area (Å²) in [6.07, 6.45) is 3.23. The molecule has 104 valence electrons. The van der Waals surface area contributed by atoms with Crippen LogP contribution in [0.25, 0.3) is 0 Å². The number of benzene rings is 1.